The highest BCUT2D eigenvalue weighted by atomic mass is 16.6. The van der Waals surface area contributed by atoms with Gasteiger partial charge in [-0.05, 0) is 26.0 Å². The summed E-state index contributed by atoms with van der Waals surface area (Å²) in [7, 11) is 2.75. The van der Waals surface area contributed by atoms with E-state index in [1.807, 2.05) is 0 Å². The van der Waals surface area contributed by atoms with Crippen molar-refractivity contribution in [2.45, 2.75) is 19.9 Å². The zero-order valence-corrected chi connectivity index (χ0v) is 13.8. The van der Waals surface area contributed by atoms with Crippen molar-refractivity contribution in [3.63, 3.8) is 0 Å². The monoisotopic (exact) mass is 334 g/mol. The van der Waals surface area contributed by atoms with Crippen LogP contribution in [0.1, 0.15) is 34.8 Å². The Labute approximate surface area is 138 Å². The van der Waals surface area contributed by atoms with E-state index in [1.165, 1.54) is 20.3 Å². The van der Waals surface area contributed by atoms with Crippen molar-refractivity contribution in [2.75, 3.05) is 14.2 Å². The van der Waals surface area contributed by atoms with Crippen LogP contribution in [0.25, 0.3) is 0 Å². The summed E-state index contributed by atoms with van der Waals surface area (Å²) in [6.07, 6.45) is 0. The van der Waals surface area contributed by atoms with Crippen LogP contribution in [0.4, 0.5) is 5.69 Å². The second-order valence-electron chi connectivity index (χ2n) is 5.13. The molecule has 128 valence electrons. The molecule has 1 aromatic heterocycles. The number of hydrogen-bond donors (Lipinski definition) is 1. The van der Waals surface area contributed by atoms with E-state index in [0.717, 1.165) is 6.07 Å². The molecule has 1 heterocycles. The summed E-state index contributed by atoms with van der Waals surface area (Å²) in [5.74, 6) is 1.07. The molecule has 1 aromatic carbocycles. The number of nitrogens with zero attached hydrogens (tertiary/aromatic N) is 1. The fourth-order valence-electron chi connectivity index (χ4n) is 2.23. The minimum absolute atomic E-state index is 0.118. The van der Waals surface area contributed by atoms with Crippen molar-refractivity contribution in [3.8, 4) is 11.5 Å². The first-order valence-corrected chi connectivity index (χ1v) is 7.15. The number of aryl methyl sites for hydroxylation is 1. The van der Waals surface area contributed by atoms with Gasteiger partial charge in [0.25, 0.3) is 11.6 Å². The Balaban J connectivity index is 2.35. The molecule has 1 N–H and O–H groups in total. The molecule has 0 spiro atoms. The van der Waals surface area contributed by atoms with Crippen LogP contribution in [-0.2, 0) is 0 Å². The number of carbonyl (C=O) groups excluding carboxylic acids is 1. The second-order valence-corrected chi connectivity index (χ2v) is 5.13. The van der Waals surface area contributed by atoms with Gasteiger partial charge in [-0.2, -0.15) is 0 Å². The second kappa shape index (κ2) is 7.03. The Kier molecular flexibility index (Phi) is 5.08. The van der Waals surface area contributed by atoms with Crippen molar-refractivity contribution in [3.05, 3.63) is 51.5 Å². The lowest BCUT2D eigenvalue weighted by Gasteiger charge is -2.13. The average Bonchev–Trinajstić information content (AvgIpc) is 2.99. The summed E-state index contributed by atoms with van der Waals surface area (Å²) in [5, 5.41) is 13.9. The molecule has 0 aliphatic rings. The third-order valence-corrected chi connectivity index (χ3v) is 3.48. The lowest BCUT2D eigenvalue weighted by molar-refractivity contribution is -0.385. The summed E-state index contributed by atoms with van der Waals surface area (Å²) in [6, 6.07) is 5.51. The van der Waals surface area contributed by atoms with Crippen LogP contribution >= 0.6 is 0 Å². The number of amides is 1. The highest BCUT2D eigenvalue weighted by Crippen LogP contribution is 2.34. The van der Waals surface area contributed by atoms with Crippen LogP contribution in [0.15, 0.2) is 28.7 Å². The molecular weight excluding hydrogens is 316 g/mol. The average molecular weight is 334 g/mol. The highest BCUT2D eigenvalue weighted by Gasteiger charge is 2.26. The summed E-state index contributed by atoms with van der Waals surface area (Å²) in [5.41, 5.74) is -0.485. The molecule has 0 saturated heterocycles. The molecule has 0 fully saturated rings. The number of carbonyl (C=O) groups is 1. The van der Waals surface area contributed by atoms with Crippen LogP contribution in [-0.4, -0.2) is 25.1 Å². The Morgan fingerprint density at radius 1 is 1.25 bits per heavy atom. The molecule has 24 heavy (non-hydrogen) atoms. The molecule has 2 rings (SSSR count). The molecule has 8 heteroatoms. The van der Waals surface area contributed by atoms with E-state index in [4.69, 9.17) is 13.9 Å². The Bertz CT molecular complexity index is 768. The Hall–Kier alpha value is -3.03. The Morgan fingerprint density at radius 3 is 2.38 bits per heavy atom. The predicted molar refractivity (Wildman–Crippen MR) is 85.5 cm³/mol. The number of rotatable bonds is 6. The zero-order chi connectivity index (χ0) is 17.9. The van der Waals surface area contributed by atoms with E-state index >= 15 is 0 Å². The first-order chi connectivity index (χ1) is 11.4. The number of hydrogen-bond acceptors (Lipinski definition) is 6. The van der Waals surface area contributed by atoms with Gasteiger partial charge in [-0.25, -0.2) is 0 Å². The maximum Gasteiger partial charge on any atom is 0.286 e. The predicted octanol–water partition coefficient (Wildman–Crippen LogP) is 3.00. The largest absolute Gasteiger partial charge is 0.493 e. The van der Waals surface area contributed by atoms with Gasteiger partial charge in [0.05, 0.1) is 31.3 Å². The fourth-order valence-corrected chi connectivity index (χ4v) is 2.23. The molecule has 0 radical (unpaired) electrons. The molecule has 1 atom stereocenters. The first kappa shape index (κ1) is 17.3. The molecule has 0 saturated carbocycles. The van der Waals surface area contributed by atoms with Gasteiger partial charge < -0.3 is 19.2 Å². The summed E-state index contributed by atoms with van der Waals surface area (Å²) in [6.45, 7) is 3.51. The quantitative estimate of drug-likeness (QED) is 0.643. The zero-order valence-electron chi connectivity index (χ0n) is 13.8. The molecule has 1 unspecified atom stereocenters. The maximum atomic E-state index is 12.5. The van der Waals surface area contributed by atoms with Crippen LogP contribution in [0.3, 0.4) is 0 Å². The molecule has 0 aliphatic carbocycles. The SMILES string of the molecule is COc1cc(C(=O)NC(C)c2ccc(C)o2)c([N+](=O)[O-])cc1OC. The van der Waals surface area contributed by atoms with Gasteiger partial charge in [-0.1, -0.05) is 0 Å². The number of benzene rings is 1. The van der Waals surface area contributed by atoms with Gasteiger partial charge >= 0.3 is 0 Å². The van der Waals surface area contributed by atoms with Crippen LogP contribution in [0.5, 0.6) is 11.5 Å². The third kappa shape index (κ3) is 3.48. The fraction of sp³-hybridized carbons (Fsp3) is 0.312. The van der Waals surface area contributed by atoms with Gasteiger partial charge in [-0.3, -0.25) is 14.9 Å². The van der Waals surface area contributed by atoms with E-state index in [9.17, 15) is 14.9 Å². The minimum Gasteiger partial charge on any atom is -0.493 e. The molecule has 1 amide bonds. The smallest absolute Gasteiger partial charge is 0.286 e. The van der Waals surface area contributed by atoms with E-state index in [2.05, 4.69) is 5.32 Å². The lowest BCUT2D eigenvalue weighted by atomic mass is 10.1. The van der Waals surface area contributed by atoms with Gasteiger partial charge in [0.2, 0.25) is 0 Å². The van der Waals surface area contributed by atoms with Crippen LogP contribution in [0, 0.1) is 17.0 Å². The van der Waals surface area contributed by atoms with Gasteiger partial charge in [0.15, 0.2) is 11.5 Å². The minimum atomic E-state index is -0.640. The Morgan fingerprint density at radius 2 is 1.88 bits per heavy atom. The van der Waals surface area contributed by atoms with Crippen molar-refractivity contribution < 1.29 is 23.6 Å². The number of ether oxygens (including phenoxy) is 2. The topological polar surface area (TPSA) is 104 Å². The van der Waals surface area contributed by atoms with Crippen LogP contribution < -0.4 is 14.8 Å². The standard InChI is InChI=1S/C16H18N2O6/c1-9-5-6-13(24-9)10(2)17-16(19)11-7-14(22-3)15(23-4)8-12(11)18(20)21/h5-8,10H,1-4H3,(H,17,19). The van der Waals surface area contributed by atoms with Crippen LogP contribution in [0.2, 0.25) is 0 Å². The maximum absolute atomic E-state index is 12.5. The van der Waals surface area contributed by atoms with Gasteiger partial charge in [0.1, 0.15) is 17.1 Å². The van der Waals surface area contributed by atoms with E-state index in [-0.39, 0.29) is 22.7 Å². The first-order valence-electron chi connectivity index (χ1n) is 7.15. The highest BCUT2D eigenvalue weighted by molar-refractivity contribution is 5.99. The molecular formula is C16H18N2O6. The number of methoxy groups -OCH3 is 2. The van der Waals surface area contributed by atoms with Crippen molar-refractivity contribution in [2.24, 2.45) is 0 Å². The van der Waals surface area contributed by atoms with Gasteiger partial charge in [0, 0.05) is 6.07 Å². The van der Waals surface area contributed by atoms with E-state index in [0.29, 0.717) is 11.5 Å². The van der Waals surface area contributed by atoms with E-state index < -0.39 is 16.9 Å². The molecule has 0 bridgehead atoms. The van der Waals surface area contributed by atoms with Crippen molar-refractivity contribution in [1.82, 2.24) is 5.32 Å². The van der Waals surface area contributed by atoms with Gasteiger partial charge in [-0.15, -0.1) is 0 Å². The summed E-state index contributed by atoms with van der Waals surface area (Å²) < 4.78 is 15.6. The lowest BCUT2D eigenvalue weighted by Crippen LogP contribution is -2.27. The van der Waals surface area contributed by atoms with Crippen molar-refractivity contribution >= 4 is 11.6 Å². The number of nitrogens with one attached hydrogen (secondary N) is 1. The molecule has 0 aliphatic heterocycles. The summed E-state index contributed by atoms with van der Waals surface area (Å²) >= 11 is 0. The number of furan rings is 1. The van der Waals surface area contributed by atoms with Crippen molar-refractivity contribution in [1.29, 1.82) is 0 Å². The van der Waals surface area contributed by atoms with E-state index in [1.54, 1.807) is 26.0 Å². The molecule has 2 aromatic rings. The molecule has 8 nitrogen and oxygen atoms in total. The third-order valence-electron chi connectivity index (χ3n) is 3.48. The normalized spacial score (nSPS) is 11.7. The number of nitro groups is 1. The summed E-state index contributed by atoms with van der Waals surface area (Å²) in [4.78, 5) is 23.1. The number of nitro benzene ring substituents is 1.